The molecular weight excluding hydrogens is 821 g/mol. The molecule has 0 fully saturated rings. The highest BCUT2D eigenvalue weighted by atomic mass is 14.8. The minimum Gasteiger partial charge on any atom is -0.247 e. The Kier molecular flexibility index (Phi) is 9.54. The fourth-order valence-corrected chi connectivity index (χ4v) is 9.94. The van der Waals surface area contributed by atoms with Gasteiger partial charge in [-0.3, -0.25) is 0 Å². The minimum absolute atomic E-state index is 0.889. The van der Waals surface area contributed by atoms with Crippen molar-refractivity contribution in [3.8, 4) is 44.5 Å². The SMILES string of the molecule is c1ccc(-c2ccc(-c3ccc4cc(C5=Nc6cc7ccccc7cc6C(c6ccc7cc(-c8ccc(-c9ccccc9)cc8)ccc7c6)=Nc6cc7ccccc7cc65)ccc4c3)cc2)cc1. The molecule has 0 aromatic heterocycles. The Hall–Kier alpha value is -8.98. The normalized spacial score (nSPS) is 12.3. The van der Waals surface area contributed by atoms with Crippen LogP contribution in [0.2, 0.25) is 0 Å². The summed E-state index contributed by atoms with van der Waals surface area (Å²) >= 11 is 0. The zero-order valence-electron chi connectivity index (χ0n) is 37.1. The Morgan fingerprint density at radius 2 is 0.426 bits per heavy atom. The first-order chi connectivity index (χ1) is 33.6. The second-order valence-corrected chi connectivity index (χ2v) is 17.8. The number of nitrogens with zero attached hydrogens (tertiary/aromatic N) is 2. The average molecular weight is 863 g/mol. The van der Waals surface area contributed by atoms with Gasteiger partial charge in [-0.05, 0) is 136 Å². The van der Waals surface area contributed by atoms with Crippen molar-refractivity contribution in [3.05, 3.63) is 277 Å². The summed E-state index contributed by atoms with van der Waals surface area (Å²) in [5, 5.41) is 9.25. The lowest BCUT2D eigenvalue weighted by Gasteiger charge is -2.20. The smallest absolute Gasteiger partial charge is 0.0803 e. The van der Waals surface area contributed by atoms with Gasteiger partial charge in [-0.15, -0.1) is 0 Å². The highest BCUT2D eigenvalue weighted by Gasteiger charge is 2.23. The Labute approximate surface area is 395 Å². The summed E-state index contributed by atoms with van der Waals surface area (Å²) in [6.45, 7) is 0. The average Bonchev–Trinajstić information content (AvgIpc) is 3.41. The van der Waals surface area contributed by atoms with Crippen molar-refractivity contribution < 1.29 is 0 Å². The highest BCUT2D eigenvalue weighted by Crippen LogP contribution is 2.39. The summed E-state index contributed by atoms with van der Waals surface area (Å²) in [7, 11) is 0. The molecule has 0 bridgehead atoms. The molecule has 2 nitrogen and oxygen atoms in total. The summed E-state index contributed by atoms with van der Waals surface area (Å²) in [5.74, 6) is 0. The third-order valence-corrected chi connectivity index (χ3v) is 13.6. The van der Waals surface area contributed by atoms with E-state index in [1.165, 1.54) is 55.3 Å². The number of rotatable bonds is 6. The van der Waals surface area contributed by atoms with Gasteiger partial charge in [0.1, 0.15) is 0 Å². The lowest BCUT2D eigenvalue weighted by molar-refractivity contribution is 1.41. The van der Waals surface area contributed by atoms with Crippen LogP contribution >= 0.6 is 0 Å². The predicted molar refractivity (Wildman–Crippen MR) is 288 cm³/mol. The van der Waals surface area contributed by atoms with Crippen LogP contribution in [0.1, 0.15) is 22.3 Å². The van der Waals surface area contributed by atoms with Crippen molar-refractivity contribution in [2.24, 2.45) is 9.98 Å². The lowest BCUT2D eigenvalue weighted by Crippen LogP contribution is -2.10. The first-order valence-electron chi connectivity index (χ1n) is 23.3. The van der Waals surface area contributed by atoms with Gasteiger partial charge in [0.25, 0.3) is 0 Å². The molecule has 0 saturated heterocycles. The third-order valence-electron chi connectivity index (χ3n) is 13.6. The predicted octanol–water partition coefficient (Wildman–Crippen LogP) is 17.6. The largest absolute Gasteiger partial charge is 0.247 e. The molecule has 0 unspecified atom stereocenters. The molecule has 316 valence electrons. The van der Waals surface area contributed by atoms with E-state index >= 15 is 0 Å². The van der Waals surface area contributed by atoms with Crippen LogP contribution in [0, 0.1) is 0 Å². The summed E-state index contributed by atoms with van der Waals surface area (Å²) in [6.07, 6.45) is 0. The van der Waals surface area contributed by atoms with Crippen LogP contribution in [0.15, 0.2) is 265 Å². The quantitative estimate of drug-likeness (QED) is 0.159. The molecule has 1 aliphatic rings. The maximum atomic E-state index is 5.72. The van der Waals surface area contributed by atoms with Crippen molar-refractivity contribution in [1.29, 1.82) is 0 Å². The monoisotopic (exact) mass is 862 g/mol. The molecule has 0 amide bonds. The maximum absolute atomic E-state index is 5.72. The minimum atomic E-state index is 0.889. The molecule has 0 atom stereocenters. The van der Waals surface area contributed by atoms with Crippen LogP contribution in [-0.4, -0.2) is 11.4 Å². The summed E-state index contributed by atoms with van der Waals surface area (Å²) in [5.41, 5.74) is 17.3. The van der Waals surface area contributed by atoms with E-state index in [1.54, 1.807) is 0 Å². The van der Waals surface area contributed by atoms with Gasteiger partial charge in [-0.1, -0.05) is 206 Å². The van der Waals surface area contributed by atoms with E-state index in [9.17, 15) is 0 Å². The summed E-state index contributed by atoms with van der Waals surface area (Å²) in [4.78, 5) is 11.4. The van der Waals surface area contributed by atoms with Gasteiger partial charge in [-0.2, -0.15) is 0 Å². The second-order valence-electron chi connectivity index (χ2n) is 17.8. The lowest BCUT2D eigenvalue weighted by atomic mass is 9.91. The molecule has 12 aromatic rings. The van der Waals surface area contributed by atoms with E-state index in [2.05, 4.69) is 255 Å². The van der Waals surface area contributed by atoms with Gasteiger partial charge < -0.3 is 0 Å². The Morgan fingerprint density at radius 1 is 0.176 bits per heavy atom. The van der Waals surface area contributed by atoms with E-state index in [0.29, 0.717) is 0 Å². The van der Waals surface area contributed by atoms with E-state index in [0.717, 1.165) is 77.4 Å². The fourth-order valence-electron chi connectivity index (χ4n) is 9.94. The first kappa shape index (κ1) is 39.4. The van der Waals surface area contributed by atoms with Crippen LogP contribution in [0.4, 0.5) is 11.4 Å². The van der Waals surface area contributed by atoms with Gasteiger partial charge in [-0.25, -0.2) is 9.98 Å². The highest BCUT2D eigenvalue weighted by molar-refractivity contribution is 6.25. The number of benzene rings is 12. The number of aliphatic imine (C=N–C) groups is 2. The van der Waals surface area contributed by atoms with Gasteiger partial charge in [0, 0.05) is 22.3 Å². The second kappa shape index (κ2) is 16.5. The first-order valence-corrected chi connectivity index (χ1v) is 23.3. The van der Waals surface area contributed by atoms with E-state index in [4.69, 9.17) is 9.98 Å². The Balaban J connectivity index is 0.922. The van der Waals surface area contributed by atoms with Crippen molar-refractivity contribution >= 4 is 65.9 Å². The number of fused-ring (bicyclic) bond motifs is 6. The molecule has 68 heavy (non-hydrogen) atoms. The molecule has 1 heterocycles. The Bertz CT molecular complexity index is 3710. The van der Waals surface area contributed by atoms with Crippen LogP contribution in [0.3, 0.4) is 0 Å². The van der Waals surface area contributed by atoms with E-state index in [-0.39, 0.29) is 0 Å². The van der Waals surface area contributed by atoms with E-state index < -0.39 is 0 Å². The topological polar surface area (TPSA) is 24.7 Å². The summed E-state index contributed by atoms with van der Waals surface area (Å²) in [6, 6.07) is 92.0. The third kappa shape index (κ3) is 7.26. The molecule has 0 radical (unpaired) electrons. The van der Waals surface area contributed by atoms with Gasteiger partial charge in [0.15, 0.2) is 0 Å². The van der Waals surface area contributed by atoms with Crippen molar-refractivity contribution in [3.63, 3.8) is 0 Å². The molecule has 0 aliphatic carbocycles. The van der Waals surface area contributed by atoms with E-state index in [1.807, 2.05) is 0 Å². The van der Waals surface area contributed by atoms with Gasteiger partial charge in [0.2, 0.25) is 0 Å². The maximum Gasteiger partial charge on any atom is 0.0803 e. The van der Waals surface area contributed by atoms with Crippen LogP contribution in [0.25, 0.3) is 87.6 Å². The molecule has 13 rings (SSSR count). The zero-order chi connectivity index (χ0) is 45.0. The van der Waals surface area contributed by atoms with Crippen molar-refractivity contribution in [2.75, 3.05) is 0 Å². The molecule has 0 spiro atoms. The van der Waals surface area contributed by atoms with Crippen LogP contribution in [0.5, 0.6) is 0 Å². The molecule has 0 saturated carbocycles. The molecule has 12 aromatic carbocycles. The van der Waals surface area contributed by atoms with Crippen molar-refractivity contribution in [1.82, 2.24) is 0 Å². The molecule has 1 aliphatic heterocycles. The molecule has 0 N–H and O–H groups in total. The standard InChI is InChI=1S/C66H42N2/c1-3-11-43(12-4-1)45-19-23-47(24-20-45)53-27-29-57-37-59(33-31-55(57)35-53)65-61-39-49-15-7-9-17-51(49)41-63(61)68-66(62-40-50-16-8-10-18-52(50)42-64(62)67-65)60-34-32-56-36-54(28-30-58(56)38-60)48-25-21-46(22-26-48)44-13-5-2-6-14-44/h1-42H. The Morgan fingerprint density at radius 3 is 0.794 bits per heavy atom. The fraction of sp³-hybridized carbons (Fsp3) is 0. The molecule has 2 heteroatoms. The zero-order valence-corrected chi connectivity index (χ0v) is 37.1. The van der Waals surface area contributed by atoms with Gasteiger partial charge >= 0.3 is 0 Å². The summed E-state index contributed by atoms with van der Waals surface area (Å²) < 4.78 is 0. The van der Waals surface area contributed by atoms with Crippen LogP contribution in [-0.2, 0) is 0 Å². The van der Waals surface area contributed by atoms with Gasteiger partial charge in [0.05, 0.1) is 22.8 Å². The molecular formula is C66H42N2. The van der Waals surface area contributed by atoms with Crippen molar-refractivity contribution in [2.45, 2.75) is 0 Å². The number of hydrogen-bond acceptors (Lipinski definition) is 2. The van der Waals surface area contributed by atoms with Crippen LogP contribution < -0.4 is 0 Å². The number of hydrogen-bond donors (Lipinski definition) is 0.